The molecule has 0 heterocycles. The predicted molar refractivity (Wildman–Crippen MR) is 169 cm³/mol. The number of carbonyl (C=O) groups excluding carboxylic acids is 3. The van der Waals surface area contributed by atoms with Gasteiger partial charge in [-0.05, 0) is 18.9 Å². The van der Waals surface area contributed by atoms with Crippen molar-refractivity contribution in [2.45, 2.75) is 122 Å². The lowest BCUT2D eigenvalue weighted by molar-refractivity contribution is -0.870. The summed E-state index contributed by atoms with van der Waals surface area (Å²) >= 11 is 0. The van der Waals surface area contributed by atoms with Crippen LogP contribution in [0.5, 0.6) is 0 Å². The fourth-order valence-electron chi connectivity index (χ4n) is 4.20. The smallest absolute Gasteiger partial charge is 0.328 e. The lowest BCUT2D eigenvalue weighted by Crippen LogP contribution is -2.37. The van der Waals surface area contributed by atoms with Crippen molar-refractivity contribution >= 4 is 31.5 Å². The molecule has 0 fully saturated rings. The fraction of sp³-hybridized carbons (Fsp3) is 0.812. The summed E-state index contributed by atoms with van der Waals surface area (Å²) in [6.45, 7) is 1.52. The van der Waals surface area contributed by atoms with Crippen LogP contribution in [0.15, 0.2) is 12.2 Å². The van der Waals surface area contributed by atoms with Crippen LogP contribution < -0.4 is 4.89 Å². The second kappa shape index (κ2) is 26.0. The highest BCUT2D eigenvalue weighted by Crippen LogP contribution is 2.38. The highest BCUT2D eigenvalue weighted by Gasteiger charge is 2.22. The Labute approximate surface area is 270 Å². The molecule has 0 saturated carbocycles. The van der Waals surface area contributed by atoms with Crippen LogP contribution in [-0.2, 0) is 42.3 Å². The zero-order valence-corrected chi connectivity index (χ0v) is 28.9. The number of hydrogen-bond donors (Lipinski definition) is 1. The number of hydrogen-bond acceptors (Lipinski definition) is 10. The van der Waals surface area contributed by atoms with Crippen molar-refractivity contribution in [1.82, 2.24) is 0 Å². The molecule has 0 saturated heterocycles. The summed E-state index contributed by atoms with van der Waals surface area (Å²) < 4.78 is 33.0. The van der Waals surface area contributed by atoms with Crippen LogP contribution in [0.4, 0.5) is 0 Å². The number of aliphatic carboxylic acids is 1. The fourth-order valence-corrected chi connectivity index (χ4v) is 4.93. The molecule has 12 nitrogen and oxygen atoms in total. The lowest BCUT2D eigenvalue weighted by Gasteiger charge is -2.28. The molecule has 0 spiro atoms. The van der Waals surface area contributed by atoms with E-state index < -0.39 is 50.8 Å². The third-order valence-electron chi connectivity index (χ3n) is 6.86. The molecule has 0 aliphatic heterocycles. The Kier molecular flexibility index (Phi) is 24.8. The summed E-state index contributed by atoms with van der Waals surface area (Å²) in [5.41, 5.74) is 0. The van der Waals surface area contributed by atoms with Crippen molar-refractivity contribution in [1.29, 1.82) is 0 Å². The number of ketones is 1. The van der Waals surface area contributed by atoms with E-state index in [1.807, 2.05) is 21.1 Å². The molecule has 0 amide bonds. The quantitative estimate of drug-likeness (QED) is 0.0339. The minimum Gasteiger partial charge on any atom is -0.756 e. The summed E-state index contributed by atoms with van der Waals surface area (Å²) in [7, 11) is 0.909. The number of carbonyl (C=O) groups is 4. The number of nitrogens with zero attached hydrogens (tertiary/aromatic N) is 1. The zero-order valence-electron chi connectivity index (χ0n) is 28.0. The number of ether oxygens (including phenoxy) is 2. The van der Waals surface area contributed by atoms with Crippen LogP contribution >= 0.6 is 7.82 Å². The number of rotatable bonds is 30. The van der Waals surface area contributed by atoms with Crippen LogP contribution in [0.1, 0.15) is 116 Å². The van der Waals surface area contributed by atoms with Crippen LogP contribution in [0, 0.1) is 0 Å². The normalized spacial score (nSPS) is 13.8. The largest absolute Gasteiger partial charge is 0.756 e. The molecule has 0 aromatic carbocycles. The van der Waals surface area contributed by atoms with E-state index >= 15 is 0 Å². The molecule has 0 aromatic heterocycles. The average Bonchev–Trinajstić information content (AvgIpc) is 2.95. The van der Waals surface area contributed by atoms with Crippen molar-refractivity contribution < 1.29 is 56.7 Å². The number of carboxylic acid groups (broad SMARTS) is 1. The minimum absolute atomic E-state index is 0.0793. The predicted octanol–water partition coefficient (Wildman–Crippen LogP) is 5.51. The van der Waals surface area contributed by atoms with Crippen molar-refractivity contribution in [2.75, 3.05) is 47.5 Å². The number of allylic oxidation sites excluding steroid dienone is 1. The topological polar surface area (TPSA) is 166 Å². The van der Waals surface area contributed by atoms with Gasteiger partial charge in [-0.1, -0.05) is 84.0 Å². The highest BCUT2D eigenvalue weighted by molar-refractivity contribution is 7.45. The molecular formula is C32H58NO11P. The van der Waals surface area contributed by atoms with Gasteiger partial charge in [-0.3, -0.25) is 18.9 Å². The molecule has 1 unspecified atom stereocenters. The number of likely N-dealkylation sites (N-methyl/N-ethyl adjacent to an activating group) is 1. The Morgan fingerprint density at radius 2 is 1.27 bits per heavy atom. The second-order valence-electron chi connectivity index (χ2n) is 12.4. The van der Waals surface area contributed by atoms with Crippen molar-refractivity contribution in [3.05, 3.63) is 12.2 Å². The summed E-state index contributed by atoms with van der Waals surface area (Å²) in [5.74, 6) is -2.96. The van der Waals surface area contributed by atoms with Crippen molar-refractivity contribution in [3.63, 3.8) is 0 Å². The number of carboxylic acids is 1. The zero-order chi connectivity index (χ0) is 34.0. The summed E-state index contributed by atoms with van der Waals surface area (Å²) in [5, 5.41) is 8.58. The standard InChI is InChI=1S/C32H58NO11P/c1-5-6-7-8-9-10-11-12-13-14-15-16-17-20-31(37)41-26-29(27-43-45(39,40)42-25-24-33(2,3)4)44-32(38)21-18-19-28(34)22-23-30(35)36/h22-23,29H,5-21,24-27H2,1-4H3,(H-,35,36,39,40)/t29-/m1/s1. The number of phosphoric acid groups is 1. The molecule has 0 aliphatic carbocycles. The first kappa shape index (κ1) is 42.9. The van der Waals surface area contributed by atoms with Crippen LogP contribution in [-0.4, -0.2) is 86.9 Å². The van der Waals surface area contributed by atoms with Gasteiger partial charge in [0.2, 0.25) is 0 Å². The molecule has 0 radical (unpaired) electrons. The second-order valence-corrected chi connectivity index (χ2v) is 13.8. The number of quaternary nitrogens is 1. The van der Waals surface area contributed by atoms with E-state index in [4.69, 9.17) is 23.6 Å². The summed E-state index contributed by atoms with van der Waals surface area (Å²) in [4.78, 5) is 59.0. The Bertz CT molecular complexity index is 917. The molecule has 13 heteroatoms. The van der Waals surface area contributed by atoms with Crippen molar-refractivity contribution in [3.8, 4) is 0 Å². The number of esters is 2. The van der Waals surface area contributed by atoms with E-state index in [1.165, 1.54) is 57.8 Å². The Morgan fingerprint density at radius 3 is 1.80 bits per heavy atom. The van der Waals surface area contributed by atoms with Crippen molar-refractivity contribution in [2.24, 2.45) is 0 Å². The summed E-state index contributed by atoms with van der Waals surface area (Å²) in [6.07, 6.45) is 15.8. The molecule has 262 valence electrons. The molecule has 0 bridgehead atoms. The van der Waals surface area contributed by atoms with E-state index in [-0.39, 0.29) is 32.3 Å². The van der Waals surface area contributed by atoms with Gasteiger partial charge in [-0.15, -0.1) is 0 Å². The first-order chi connectivity index (χ1) is 21.2. The number of phosphoric ester groups is 1. The van der Waals surface area contributed by atoms with Gasteiger partial charge in [-0.2, -0.15) is 0 Å². The monoisotopic (exact) mass is 663 g/mol. The van der Waals surface area contributed by atoms with Gasteiger partial charge in [0.05, 0.1) is 27.7 Å². The van der Waals surface area contributed by atoms with Crippen LogP contribution in [0.3, 0.4) is 0 Å². The first-order valence-corrected chi connectivity index (χ1v) is 17.9. The molecule has 0 aromatic rings. The van der Waals surface area contributed by atoms with Gasteiger partial charge >= 0.3 is 17.9 Å². The average molecular weight is 664 g/mol. The van der Waals surface area contributed by atoms with Crippen LogP contribution in [0.25, 0.3) is 0 Å². The third kappa shape index (κ3) is 30.3. The first-order valence-electron chi connectivity index (χ1n) is 16.4. The highest BCUT2D eigenvalue weighted by atomic mass is 31.2. The molecule has 0 rings (SSSR count). The number of unbranched alkanes of at least 4 members (excludes halogenated alkanes) is 12. The molecular weight excluding hydrogens is 605 g/mol. The van der Waals surface area contributed by atoms with Crippen LogP contribution in [0.2, 0.25) is 0 Å². The SMILES string of the molecule is CCCCCCCCCCCCCCCC(=O)OC[C@H](COP(=O)([O-])OCC[N+](C)(C)C)OC(=O)CCCC(=O)C=CC(=O)O. The molecule has 1 N–H and O–H groups in total. The van der Waals surface area contributed by atoms with Gasteiger partial charge in [0.25, 0.3) is 7.82 Å². The van der Waals surface area contributed by atoms with E-state index in [2.05, 4.69) is 6.92 Å². The molecule has 0 aliphatic rings. The van der Waals surface area contributed by atoms with Gasteiger partial charge < -0.3 is 33.0 Å². The van der Waals surface area contributed by atoms with Gasteiger partial charge in [0, 0.05) is 25.3 Å². The van der Waals surface area contributed by atoms with Gasteiger partial charge in [-0.25, -0.2) is 4.79 Å². The van der Waals surface area contributed by atoms with Gasteiger partial charge in [0.1, 0.15) is 19.8 Å². The Hall–Kier alpha value is -2.11. The lowest BCUT2D eigenvalue weighted by atomic mass is 10.0. The van der Waals surface area contributed by atoms with E-state index in [0.717, 1.165) is 25.3 Å². The maximum atomic E-state index is 12.3. The molecule has 45 heavy (non-hydrogen) atoms. The maximum Gasteiger partial charge on any atom is 0.328 e. The van der Waals surface area contributed by atoms with E-state index in [0.29, 0.717) is 23.5 Å². The maximum absolute atomic E-state index is 12.3. The Morgan fingerprint density at radius 1 is 0.733 bits per heavy atom. The van der Waals surface area contributed by atoms with Gasteiger partial charge in [0.15, 0.2) is 11.9 Å². The van der Waals surface area contributed by atoms with E-state index in [1.54, 1.807) is 0 Å². The summed E-state index contributed by atoms with van der Waals surface area (Å²) in [6, 6.07) is 0. The Balaban J connectivity index is 4.53. The minimum atomic E-state index is -4.71. The van der Waals surface area contributed by atoms with E-state index in [9.17, 15) is 28.6 Å². The molecule has 2 atom stereocenters. The third-order valence-corrected chi connectivity index (χ3v) is 7.82.